The highest BCUT2D eigenvalue weighted by Crippen LogP contribution is 2.41. The molecular weight excluding hydrogens is 216 g/mol. The fourth-order valence-electron chi connectivity index (χ4n) is 2.42. The van der Waals surface area contributed by atoms with Crippen molar-refractivity contribution >= 4 is 17.2 Å². The van der Waals surface area contributed by atoms with E-state index in [9.17, 15) is 0 Å². The highest BCUT2D eigenvalue weighted by atomic mass is 35.5. The molecule has 0 fully saturated rings. The van der Waals surface area contributed by atoms with Crippen molar-refractivity contribution in [2.45, 2.75) is 27.7 Å². The van der Waals surface area contributed by atoms with Crippen LogP contribution in [0, 0.1) is 5.92 Å². The van der Waals surface area contributed by atoms with Gasteiger partial charge in [-0.15, -0.1) is 0 Å². The Bertz CT molecular complexity index is 475. The highest BCUT2D eigenvalue weighted by Gasteiger charge is 2.23. The molecule has 0 radical (unpaired) electrons. The first kappa shape index (κ1) is 11.5. The molecule has 0 nitrogen and oxygen atoms in total. The zero-order valence-electron chi connectivity index (χ0n) is 10.3. The van der Waals surface area contributed by atoms with Crippen molar-refractivity contribution in [1.29, 1.82) is 0 Å². The second kappa shape index (κ2) is 4.10. The van der Waals surface area contributed by atoms with Crippen LogP contribution in [0.3, 0.4) is 0 Å². The smallest absolute Gasteiger partial charge is 0.0406 e. The Morgan fingerprint density at radius 2 is 1.50 bits per heavy atom. The van der Waals surface area contributed by atoms with Crippen molar-refractivity contribution in [3.05, 3.63) is 51.6 Å². The van der Waals surface area contributed by atoms with E-state index in [4.69, 9.17) is 11.6 Å². The number of halogens is 1. The average molecular weight is 233 g/mol. The van der Waals surface area contributed by atoms with Gasteiger partial charge in [-0.25, -0.2) is 0 Å². The van der Waals surface area contributed by atoms with Gasteiger partial charge in [-0.2, -0.15) is 0 Å². The maximum Gasteiger partial charge on any atom is 0.0406 e. The van der Waals surface area contributed by atoms with Crippen LogP contribution in [0.15, 0.2) is 41.0 Å². The predicted molar refractivity (Wildman–Crippen MR) is 71.6 cm³/mol. The largest absolute Gasteiger partial charge is 0.0843 e. The lowest BCUT2D eigenvalue weighted by molar-refractivity contribution is 0.818. The standard InChI is InChI=1S/C15H17Cl/c1-9-10(2)12(4)15(11(9)3)13-5-7-14(16)8-6-13/h5-9H,1-4H3. The molecule has 1 aromatic rings. The molecule has 1 heteroatoms. The summed E-state index contributed by atoms with van der Waals surface area (Å²) in [5, 5.41) is 0.798. The minimum Gasteiger partial charge on any atom is -0.0843 e. The summed E-state index contributed by atoms with van der Waals surface area (Å²) in [5.74, 6) is 0.575. The first-order valence-corrected chi connectivity index (χ1v) is 6.04. The Balaban J connectivity index is 2.53. The molecule has 1 aliphatic carbocycles. The summed E-state index contributed by atoms with van der Waals surface area (Å²) in [4.78, 5) is 0. The third-order valence-electron chi connectivity index (χ3n) is 3.79. The van der Waals surface area contributed by atoms with Crippen LogP contribution in [-0.4, -0.2) is 0 Å². The molecule has 0 saturated heterocycles. The number of hydrogen-bond donors (Lipinski definition) is 0. The van der Waals surface area contributed by atoms with Crippen LogP contribution in [0.4, 0.5) is 0 Å². The summed E-state index contributed by atoms with van der Waals surface area (Å²) in [6.45, 7) is 8.95. The highest BCUT2D eigenvalue weighted by molar-refractivity contribution is 6.30. The molecule has 16 heavy (non-hydrogen) atoms. The maximum absolute atomic E-state index is 5.92. The Morgan fingerprint density at radius 3 is 1.94 bits per heavy atom. The van der Waals surface area contributed by atoms with Gasteiger partial charge in [-0.1, -0.05) is 41.8 Å². The van der Waals surface area contributed by atoms with Crippen LogP contribution in [0.25, 0.3) is 5.57 Å². The minimum atomic E-state index is 0.575. The van der Waals surface area contributed by atoms with Gasteiger partial charge in [-0.05, 0) is 55.5 Å². The monoisotopic (exact) mass is 232 g/mol. The van der Waals surface area contributed by atoms with Crippen molar-refractivity contribution < 1.29 is 0 Å². The van der Waals surface area contributed by atoms with Crippen LogP contribution >= 0.6 is 11.6 Å². The van der Waals surface area contributed by atoms with Gasteiger partial charge in [-0.3, -0.25) is 0 Å². The molecule has 0 aromatic heterocycles. The van der Waals surface area contributed by atoms with E-state index < -0.39 is 0 Å². The molecule has 84 valence electrons. The summed E-state index contributed by atoms with van der Waals surface area (Å²) < 4.78 is 0. The maximum atomic E-state index is 5.92. The van der Waals surface area contributed by atoms with Gasteiger partial charge in [0.25, 0.3) is 0 Å². The first-order valence-electron chi connectivity index (χ1n) is 5.67. The molecule has 0 N–H and O–H groups in total. The topological polar surface area (TPSA) is 0 Å². The van der Waals surface area contributed by atoms with E-state index in [-0.39, 0.29) is 0 Å². The molecule has 2 rings (SSSR count). The quantitative estimate of drug-likeness (QED) is 0.632. The summed E-state index contributed by atoms with van der Waals surface area (Å²) in [7, 11) is 0. The molecule has 0 saturated carbocycles. The summed E-state index contributed by atoms with van der Waals surface area (Å²) >= 11 is 5.92. The van der Waals surface area contributed by atoms with Crippen LogP contribution in [-0.2, 0) is 0 Å². The minimum absolute atomic E-state index is 0.575. The van der Waals surface area contributed by atoms with E-state index >= 15 is 0 Å². The van der Waals surface area contributed by atoms with Crippen molar-refractivity contribution in [1.82, 2.24) is 0 Å². The van der Waals surface area contributed by atoms with Gasteiger partial charge < -0.3 is 0 Å². The molecule has 0 amide bonds. The molecule has 0 spiro atoms. The van der Waals surface area contributed by atoms with Crippen LogP contribution < -0.4 is 0 Å². The average Bonchev–Trinajstić information content (AvgIpc) is 2.46. The predicted octanol–water partition coefficient (Wildman–Crippen LogP) is 5.10. The summed E-state index contributed by atoms with van der Waals surface area (Å²) in [6.07, 6.45) is 0. The normalized spacial score (nSPS) is 20.9. The van der Waals surface area contributed by atoms with Crippen molar-refractivity contribution in [3.8, 4) is 0 Å². The van der Waals surface area contributed by atoms with Crippen LogP contribution in [0.1, 0.15) is 33.3 Å². The number of hydrogen-bond acceptors (Lipinski definition) is 0. The number of allylic oxidation sites excluding steroid dienone is 4. The van der Waals surface area contributed by atoms with Gasteiger partial charge >= 0.3 is 0 Å². The lowest BCUT2D eigenvalue weighted by Crippen LogP contribution is -1.92. The van der Waals surface area contributed by atoms with Crippen LogP contribution in [0.5, 0.6) is 0 Å². The molecule has 1 aromatic carbocycles. The summed E-state index contributed by atoms with van der Waals surface area (Å²) in [5.41, 5.74) is 7.07. The second-order valence-electron chi connectivity index (χ2n) is 4.59. The zero-order valence-corrected chi connectivity index (χ0v) is 11.0. The Morgan fingerprint density at radius 1 is 0.938 bits per heavy atom. The van der Waals surface area contributed by atoms with Gasteiger partial charge in [0.2, 0.25) is 0 Å². The molecule has 1 aliphatic rings. The van der Waals surface area contributed by atoms with Gasteiger partial charge in [0.15, 0.2) is 0 Å². The molecule has 1 atom stereocenters. The van der Waals surface area contributed by atoms with E-state index in [2.05, 4.69) is 39.8 Å². The van der Waals surface area contributed by atoms with E-state index in [0.29, 0.717) is 5.92 Å². The lowest BCUT2D eigenvalue weighted by Gasteiger charge is -2.08. The van der Waals surface area contributed by atoms with E-state index in [1.165, 1.54) is 27.9 Å². The van der Waals surface area contributed by atoms with Gasteiger partial charge in [0.1, 0.15) is 0 Å². The van der Waals surface area contributed by atoms with Crippen molar-refractivity contribution in [2.75, 3.05) is 0 Å². The molecule has 0 aliphatic heterocycles. The SMILES string of the molecule is CC1=C(C)C(C)C(C)=C1c1ccc(Cl)cc1. The molecule has 0 bridgehead atoms. The third-order valence-corrected chi connectivity index (χ3v) is 4.04. The number of benzene rings is 1. The Labute approximate surface area is 103 Å². The Kier molecular flexibility index (Phi) is 2.94. The Hall–Kier alpha value is -1.01. The molecule has 0 heterocycles. The fraction of sp³-hybridized carbons (Fsp3) is 0.333. The summed E-state index contributed by atoms with van der Waals surface area (Å²) in [6, 6.07) is 8.14. The van der Waals surface area contributed by atoms with E-state index in [1.807, 2.05) is 12.1 Å². The lowest BCUT2D eigenvalue weighted by atomic mass is 9.97. The van der Waals surface area contributed by atoms with E-state index in [1.54, 1.807) is 0 Å². The molecular formula is C15H17Cl. The van der Waals surface area contributed by atoms with Gasteiger partial charge in [0.05, 0.1) is 0 Å². The zero-order chi connectivity index (χ0) is 11.9. The second-order valence-corrected chi connectivity index (χ2v) is 5.03. The first-order chi connectivity index (χ1) is 7.52. The van der Waals surface area contributed by atoms with Gasteiger partial charge in [0, 0.05) is 5.02 Å². The van der Waals surface area contributed by atoms with Crippen molar-refractivity contribution in [2.24, 2.45) is 5.92 Å². The fourth-order valence-corrected chi connectivity index (χ4v) is 2.55. The van der Waals surface area contributed by atoms with Crippen LogP contribution in [0.2, 0.25) is 5.02 Å². The van der Waals surface area contributed by atoms with Crippen molar-refractivity contribution in [3.63, 3.8) is 0 Å². The third kappa shape index (κ3) is 1.72. The number of rotatable bonds is 1. The van der Waals surface area contributed by atoms with E-state index in [0.717, 1.165) is 5.02 Å². The molecule has 1 unspecified atom stereocenters.